The fourth-order valence-corrected chi connectivity index (χ4v) is 2.72. The molecule has 20 heavy (non-hydrogen) atoms. The maximum atomic E-state index is 10.8. The second-order valence-corrected chi connectivity index (χ2v) is 5.87. The molecule has 5 nitrogen and oxygen atoms in total. The van der Waals surface area contributed by atoms with Gasteiger partial charge in [-0.3, -0.25) is 10.1 Å². The molecule has 1 saturated heterocycles. The summed E-state index contributed by atoms with van der Waals surface area (Å²) < 4.78 is 0. The van der Waals surface area contributed by atoms with Gasteiger partial charge < -0.3 is 10.2 Å². The normalized spacial score (nSPS) is 23.8. The molecule has 0 bridgehead atoms. The SMILES string of the molecule is CC1CC(NCc2cc([N+](=O)[O-])ccc2Cl)CCN1C. The molecule has 110 valence electrons. The number of nitrogens with zero attached hydrogens (tertiary/aromatic N) is 2. The van der Waals surface area contributed by atoms with Crippen molar-refractivity contribution in [2.45, 2.75) is 38.4 Å². The lowest BCUT2D eigenvalue weighted by atomic mass is 9.98. The van der Waals surface area contributed by atoms with Crippen molar-refractivity contribution in [1.29, 1.82) is 0 Å². The molecular weight excluding hydrogens is 278 g/mol. The number of non-ortho nitro benzene ring substituents is 1. The van der Waals surface area contributed by atoms with Crippen LogP contribution in [0.4, 0.5) is 5.69 Å². The summed E-state index contributed by atoms with van der Waals surface area (Å²) in [6.07, 6.45) is 2.18. The minimum atomic E-state index is -0.391. The van der Waals surface area contributed by atoms with E-state index in [4.69, 9.17) is 11.6 Å². The lowest BCUT2D eigenvalue weighted by Gasteiger charge is -2.35. The van der Waals surface area contributed by atoms with Crippen LogP contribution in [0.5, 0.6) is 0 Å². The molecule has 0 saturated carbocycles. The highest BCUT2D eigenvalue weighted by atomic mass is 35.5. The third-order valence-corrected chi connectivity index (χ3v) is 4.40. The summed E-state index contributed by atoms with van der Waals surface area (Å²) in [5.41, 5.74) is 0.871. The molecule has 1 aromatic rings. The highest BCUT2D eigenvalue weighted by molar-refractivity contribution is 6.31. The van der Waals surface area contributed by atoms with Crippen LogP contribution in [0.15, 0.2) is 18.2 Å². The molecule has 1 aliphatic heterocycles. The van der Waals surface area contributed by atoms with Crippen LogP contribution in [0.25, 0.3) is 0 Å². The van der Waals surface area contributed by atoms with Crippen LogP contribution >= 0.6 is 11.6 Å². The molecule has 1 heterocycles. The third-order valence-electron chi connectivity index (χ3n) is 4.03. The van der Waals surface area contributed by atoms with Gasteiger partial charge in [0.05, 0.1) is 4.92 Å². The molecule has 6 heteroatoms. The summed E-state index contributed by atoms with van der Waals surface area (Å²) in [5.74, 6) is 0. The molecule has 1 N–H and O–H groups in total. The molecule has 2 unspecified atom stereocenters. The predicted octanol–water partition coefficient (Wildman–Crippen LogP) is 2.82. The van der Waals surface area contributed by atoms with Gasteiger partial charge in [0.15, 0.2) is 0 Å². The van der Waals surface area contributed by atoms with E-state index in [1.54, 1.807) is 12.1 Å². The van der Waals surface area contributed by atoms with Crippen LogP contribution in [0.3, 0.4) is 0 Å². The van der Waals surface area contributed by atoms with E-state index in [9.17, 15) is 10.1 Å². The van der Waals surface area contributed by atoms with Crippen LogP contribution in [-0.4, -0.2) is 35.5 Å². The Morgan fingerprint density at radius 2 is 2.30 bits per heavy atom. The van der Waals surface area contributed by atoms with E-state index in [1.165, 1.54) is 6.07 Å². The number of halogens is 1. The standard InChI is InChI=1S/C14H20ClN3O2/c1-10-7-12(5-6-17(10)2)16-9-11-8-13(18(19)20)3-4-14(11)15/h3-4,8,10,12,16H,5-7,9H2,1-2H3. The van der Waals surface area contributed by atoms with E-state index in [0.717, 1.165) is 24.9 Å². The predicted molar refractivity (Wildman–Crippen MR) is 80.1 cm³/mol. The first-order valence-electron chi connectivity index (χ1n) is 6.84. The van der Waals surface area contributed by atoms with Gasteiger partial charge in [0, 0.05) is 35.8 Å². The number of piperidine rings is 1. The van der Waals surface area contributed by atoms with Gasteiger partial charge in [-0.25, -0.2) is 0 Å². The number of nitrogens with one attached hydrogen (secondary N) is 1. The van der Waals surface area contributed by atoms with Gasteiger partial charge in [0.2, 0.25) is 0 Å². The van der Waals surface area contributed by atoms with Gasteiger partial charge in [-0.15, -0.1) is 0 Å². The minimum Gasteiger partial charge on any atom is -0.310 e. The second-order valence-electron chi connectivity index (χ2n) is 5.46. The fraction of sp³-hybridized carbons (Fsp3) is 0.571. The topological polar surface area (TPSA) is 58.4 Å². The second kappa shape index (κ2) is 6.52. The van der Waals surface area contributed by atoms with Crippen LogP contribution in [0.2, 0.25) is 5.02 Å². The quantitative estimate of drug-likeness (QED) is 0.686. The summed E-state index contributed by atoms with van der Waals surface area (Å²) in [7, 11) is 2.14. The molecule has 0 aromatic heterocycles. The van der Waals surface area contributed by atoms with Crippen molar-refractivity contribution in [3.05, 3.63) is 38.9 Å². The van der Waals surface area contributed by atoms with Crippen molar-refractivity contribution in [3.8, 4) is 0 Å². The Hall–Kier alpha value is -1.17. The van der Waals surface area contributed by atoms with E-state index in [-0.39, 0.29) is 5.69 Å². The first-order chi connectivity index (χ1) is 9.47. The Bertz CT molecular complexity index is 495. The maximum Gasteiger partial charge on any atom is 0.269 e. The van der Waals surface area contributed by atoms with Crippen LogP contribution < -0.4 is 5.32 Å². The van der Waals surface area contributed by atoms with Gasteiger partial charge in [-0.2, -0.15) is 0 Å². The van der Waals surface area contributed by atoms with E-state index in [2.05, 4.69) is 24.2 Å². The Balaban J connectivity index is 1.97. The number of rotatable bonds is 4. The van der Waals surface area contributed by atoms with Crippen molar-refractivity contribution in [1.82, 2.24) is 10.2 Å². The zero-order valence-electron chi connectivity index (χ0n) is 11.8. The first kappa shape index (κ1) is 15.2. The average molecular weight is 298 g/mol. The van der Waals surface area contributed by atoms with Gasteiger partial charge in [-0.05, 0) is 45.0 Å². The van der Waals surface area contributed by atoms with E-state index >= 15 is 0 Å². The molecule has 0 radical (unpaired) electrons. The zero-order valence-corrected chi connectivity index (χ0v) is 12.6. The molecule has 0 amide bonds. The molecule has 1 aliphatic rings. The number of hydrogen-bond acceptors (Lipinski definition) is 4. The minimum absolute atomic E-state index is 0.0861. The Morgan fingerprint density at radius 3 is 2.95 bits per heavy atom. The lowest BCUT2D eigenvalue weighted by molar-refractivity contribution is -0.384. The Kier molecular flexibility index (Phi) is 4.96. The maximum absolute atomic E-state index is 10.8. The summed E-state index contributed by atoms with van der Waals surface area (Å²) in [6.45, 7) is 3.86. The summed E-state index contributed by atoms with van der Waals surface area (Å²) >= 11 is 6.10. The van der Waals surface area contributed by atoms with Gasteiger partial charge in [-0.1, -0.05) is 11.6 Å². The molecule has 0 aliphatic carbocycles. The fourth-order valence-electron chi connectivity index (χ4n) is 2.54. The number of hydrogen-bond donors (Lipinski definition) is 1. The number of likely N-dealkylation sites (tertiary alicyclic amines) is 1. The van der Waals surface area contributed by atoms with Crippen LogP contribution in [0.1, 0.15) is 25.3 Å². The molecule has 1 aromatic carbocycles. The van der Waals surface area contributed by atoms with Gasteiger partial charge in [0.1, 0.15) is 0 Å². The summed E-state index contributed by atoms with van der Waals surface area (Å²) in [6, 6.07) is 5.57. The van der Waals surface area contributed by atoms with E-state index in [1.807, 2.05) is 0 Å². The summed E-state index contributed by atoms with van der Waals surface area (Å²) in [5, 5.41) is 14.8. The summed E-state index contributed by atoms with van der Waals surface area (Å²) in [4.78, 5) is 12.7. The first-order valence-corrected chi connectivity index (χ1v) is 7.21. The average Bonchev–Trinajstić information content (AvgIpc) is 2.41. The third kappa shape index (κ3) is 3.69. The molecule has 1 fully saturated rings. The number of nitro groups is 1. The van der Waals surface area contributed by atoms with Gasteiger partial charge in [0.25, 0.3) is 5.69 Å². The van der Waals surface area contributed by atoms with Gasteiger partial charge >= 0.3 is 0 Å². The Morgan fingerprint density at radius 1 is 1.55 bits per heavy atom. The van der Waals surface area contributed by atoms with Crippen molar-refractivity contribution in [2.75, 3.05) is 13.6 Å². The van der Waals surface area contributed by atoms with Crippen molar-refractivity contribution >= 4 is 17.3 Å². The van der Waals surface area contributed by atoms with E-state index in [0.29, 0.717) is 23.7 Å². The molecule has 2 atom stereocenters. The number of nitro benzene ring substituents is 1. The van der Waals surface area contributed by atoms with Crippen LogP contribution in [-0.2, 0) is 6.54 Å². The highest BCUT2D eigenvalue weighted by Gasteiger charge is 2.22. The molecule has 2 rings (SSSR count). The monoisotopic (exact) mass is 297 g/mol. The largest absolute Gasteiger partial charge is 0.310 e. The zero-order chi connectivity index (χ0) is 14.7. The lowest BCUT2D eigenvalue weighted by Crippen LogP contribution is -2.45. The number of benzene rings is 1. The van der Waals surface area contributed by atoms with Crippen molar-refractivity contribution < 1.29 is 4.92 Å². The smallest absolute Gasteiger partial charge is 0.269 e. The molecule has 0 spiro atoms. The van der Waals surface area contributed by atoms with Crippen LogP contribution in [0, 0.1) is 10.1 Å². The van der Waals surface area contributed by atoms with Crippen molar-refractivity contribution in [2.24, 2.45) is 0 Å². The van der Waals surface area contributed by atoms with Crippen molar-refractivity contribution in [3.63, 3.8) is 0 Å². The Labute approximate surface area is 124 Å². The van der Waals surface area contributed by atoms with E-state index < -0.39 is 4.92 Å². The molecular formula is C14H20ClN3O2. The highest BCUT2D eigenvalue weighted by Crippen LogP contribution is 2.23.